The van der Waals surface area contributed by atoms with E-state index in [-0.39, 0.29) is 32.0 Å². The van der Waals surface area contributed by atoms with E-state index in [1.807, 2.05) is 21.1 Å². The van der Waals surface area contributed by atoms with E-state index >= 15 is 0 Å². The molecule has 2 unspecified atom stereocenters. The predicted molar refractivity (Wildman–Crippen MR) is 371 cm³/mol. The van der Waals surface area contributed by atoms with Crippen molar-refractivity contribution in [3.63, 3.8) is 0 Å². The van der Waals surface area contributed by atoms with Crippen LogP contribution in [0.5, 0.6) is 0 Å². The lowest BCUT2D eigenvalue weighted by atomic mass is 10.0. The number of rotatable bonds is 61. The first-order valence-corrected chi connectivity index (χ1v) is 35.7. The molecule has 1 N–H and O–H groups in total. The summed E-state index contributed by atoms with van der Waals surface area (Å²) < 4.78 is 34.6. The van der Waals surface area contributed by atoms with Crippen LogP contribution in [-0.2, 0) is 32.7 Å². The fraction of sp³-hybridized carbons (Fsp3) is 0.632. The van der Waals surface area contributed by atoms with Gasteiger partial charge >= 0.3 is 19.8 Å². The quantitative estimate of drug-likeness (QED) is 0.0211. The van der Waals surface area contributed by atoms with Gasteiger partial charge in [-0.3, -0.25) is 18.6 Å². The van der Waals surface area contributed by atoms with Crippen molar-refractivity contribution in [1.82, 2.24) is 0 Å². The maximum atomic E-state index is 12.8. The van der Waals surface area contributed by atoms with E-state index in [9.17, 15) is 19.0 Å². The Morgan fingerprint density at radius 3 is 0.965 bits per heavy atom. The van der Waals surface area contributed by atoms with E-state index in [1.165, 1.54) is 116 Å². The molecule has 0 radical (unpaired) electrons. The average Bonchev–Trinajstić information content (AvgIpc) is 3.56. The standard InChI is InChI=1S/C76H126NO8P/c1-6-8-10-12-14-16-18-20-22-24-26-28-30-31-32-33-34-35-36-37-38-39-40-41-42-43-44-45-47-48-50-52-54-56-58-60-62-64-66-68-75(78)82-72-74(73-84-86(80,81)83-71-70-77(3,4)5)85-76(79)69-67-65-63-61-59-57-55-53-51-49-46-29-27-25-23-21-19-17-15-13-11-9-7-2/h8-11,14-17,20-23,26-29,31-32,34-35,49,51,55,57,61,63,74H,6-7,12-13,18-19,24-25,30,33,36-48,50,52-54,56,58-60,62,64-73H2,1-5H3/p+1/b10-8-,11-9-,16-14-,17-15-,22-20-,23-21-,28-26-,29-27-,32-31-,35-34-,51-49-,57-55-,63-61-. The normalized spacial score (nSPS) is 14.2. The highest BCUT2D eigenvalue weighted by atomic mass is 31.2. The van der Waals surface area contributed by atoms with E-state index in [0.717, 1.165) is 103 Å². The molecule has 0 rings (SSSR count). The summed E-state index contributed by atoms with van der Waals surface area (Å²) in [6.45, 7) is 4.13. The molecule has 9 nitrogen and oxygen atoms in total. The van der Waals surface area contributed by atoms with Gasteiger partial charge in [0.05, 0.1) is 27.7 Å². The van der Waals surface area contributed by atoms with Crippen LogP contribution in [0.25, 0.3) is 0 Å². The Balaban J connectivity index is 4.07. The smallest absolute Gasteiger partial charge is 0.462 e. The Kier molecular flexibility index (Phi) is 61.8. The predicted octanol–water partition coefficient (Wildman–Crippen LogP) is 22.4. The van der Waals surface area contributed by atoms with Crippen LogP contribution in [-0.4, -0.2) is 74.9 Å². The number of hydrogen-bond donors (Lipinski definition) is 1. The summed E-state index contributed by atoms with van der Waals surface area (Å²) in [5.74, 6) is -0.870. The molecule has 0 aromatic heterocycles. The highest BCUT2D eigenvalue weighted by Gasteiger charge is 2.27. The lowest BCUT2D eigenvalue weighted by molar-refractivity contribution is -0.870. The van der Waals surface area contributed by atoms with Gasteiger partial charge in [-0.05, 0) is 116 Å². The van der Waals surface area contributed by atoms with Crippen molar-refractivity contribution in [3.8, 4) is 0 Å². The summed E-state index contributed by atoms with van der Waals surface area (Å²) in [6, 6.07) is 0. The van der Waals surface area contributed by atoms with E-state index in [4.69, 9.17) is 18.5 Å². The van der Waals surface area contributed by atoms with Crippen molar-refractivity contribution in [3.05, 3.63) is 158 Å². The van der Waals surface area contributed by atoms with Crippen molar-refractivity contribution >= 4 is 19.8 Å². The van der Waals surface area contributed by atoms with Crippen LogP contribution in [0.1, 0.15) is 258 Å². The minimum Gasteiger partial charge on any atom is -0.462 e. The molecule has 0 saturated carbocycles. The zero-order chi connectivity index (χ0) is 62.6. The maximum Gasteiger partial charge on any atom is 0.472 e. The molecule has 2 atom stereocenters. The van der Waals surface area contributed by atoms with Crippen LogP contribution in [0, 0.1) is 0 Å². The van der Waals surface area contributed by atoms with E-state index in [1.54, 1.807) is 0 Å². The number of nitrogens with zero attached hydrogens (tertiary/aromatic N) is 1. The van der Waals surface area contributed by atoms with Gasteiger partial charge in [0.15, 0.2) is 6.10 Å². The molecule has 0 fully saturated rings. The van der Waals surface area contributed by atoms with Crippen molar-refractivity contribution in [2.75, 3.05) is 47.5 Å². The summed E-state index contributed by atoms with van der Waals surface area (Å²) in [7, 11) is 1.43. The number of hydrogen-bond acceptors (Lipinski definition) is 7. The van der Waals surface area contributed by atoms with E-state index in [2.05, 4.69) is 172 Å². The molecule has 10 heteroatoms. The number of esters is 2. The van der Waals surface area contributed by atoms with E-state index < -0.39 is 26.5 Å². The third kappa shape index (κ3) is 68.7. The molecule has 0 aliphatic rings. The summed E-state index contributed by atoms with van der Waals surface area (Å²) in [6.07, 6.45) is 97.9. The van der Waals surface area contributed by atoms with Crippen molar-refractivity contribution < 1.29 is 42.1 Å². The first-order chi connectivity index (χ1) is 42.0. The summed E-state index contributed by atoms with van der Waals surface area (Å²) in [4.78, 5) is 35.8. The first-order valence-electron chi connectivity index (χ1n) is 34.2. The van der Waals surface area contributed by atoms with Crippen LogP contribution < -0.4 is 0 Å². The fourth-order valence-corrected chi connectivity index (χ4v) is 9.63. The van der Waals surface area contributed by atoms with Gasteiger partial charge < -0.3 is 18.9 Å². The van der Waals surface area contributed by atoms with Crippen molar-refractivity contribution in [2.24, 2.45) is 0 Å². The Morgan fingerprint density at radius 1 is 0.360 bits per heavy atom. The molecule has 0 aromatic rings. The Labute approximate surface area is 528 Å². The third-order valence-corrected chi connectivity index (χ3v) is 15.0. The Bertz CT molecular complexity index is 2010. The largest absolute Gasteiger partial charge is 0.472 e. The zero-order valence-corrected chi connectivity index (χ0v) is 56.4. The SMILES string of the molecule is CC/C=C\C/C=C\C/C=C\C/C=C\C/C=C\C/C=C\C/C=C\CCCC(=O)OC(COC(=O)CCCCCCCCCCCCCCCCCCCCCC/C=C\C/C=C\C/C=C\C/C=C\C/C=C\C/C=C\CC)COP(=O)(O)OCC[N+](C)(C)C. The van der Waals surface area contributed by atoms with Crippen LogP contribution in [0.4, 0.5) is 0 Å². The third-order valence-electron chi connectivity index (χ3n) is 14.1. The molecular weight excluding hydrogens is 1090 g/mol. The number of allylic oxidation sites excluding steroid dienone is 26. The number of carbonyl (C=O) groups is 2. The summed E-state index contributed by atoms with van der Waals surface area (Å²) in [5.41, 5.74) is 0. The number of unbranched alkanes of at least 4 members (excludes halogenated alkanes) is 21. The molecule has 0 aromatic carbocycles. The monoisotopic (exact) mass is 1210 g/mol. The minimum absolute atomic E-state index is 0.0140. The summed E-state index contributed by atoms with van der Waals surface area (Å²) >= 11 is 0. The van der Waals surface area contributed by atoms with Gasteiger partial charge in [0.2, 0.25) is 0 Å². The molecule has 0 amide bonds. The van der Waals surface area contributed by atoms with Crippen LogP contribution in [0.3, 0.4) is 0 Å². The molecule has 0 aliphatic carbocycles. The van der Waals surface area contributed by atoms with Crippen molar-refractivity contribution in [1.29, 1.82) is 0 Å². The van der Waals surface area contributed by atoms with Gasteiger partial charge in [-0.2, -0.15) is 0 Å². The highest BCUT2D eigenvalue weighted by Crippen LogP contribution is 2.43. The highest BCUT2D eigenvalue weighted by molar-refractivity contribution is 7.47. The van der Waals surface area contributed by atoms with Gasteiger partial charge in [-0.1, -0.05) is 287 Å². The lowest BCUT2D eigenvalue weighted by Gasteiger charge is -2.24. The lowest BCUT2D eigenvalue weighted by Crippen LogP contribution is -2.37. The second-order valence-corrected chi connectivity index (χ2v) is 24.9. The summed E-state index contributed by atoms with van der Waals surface area (Å²) in [5, 5.41) is 0. The molecule has 86 heavy (non-hydrogen) atoms. The number of likely N-dealkylation sites (N-methyl/N-ethyl adjacent to an activating group) is 1. The second kappa shape index (κ2) is 65.1. The van der Waals surface area contributed by atoms with Crippen molar-refractivity contribution in [2.45, 2.75) is 264 Å². The molecule has 0 bridgehead atoms. The van der Waals surface area contributed by atoms with Gasteiger partial charge in [0.25, 0.3) is 0 Å². The molecule has 0 saturated heterocycles. The molecular formula is C76H127NO8P+. The number of phosphoric ester groups is 1. The Hall–Kier alpha value is -4.37. The average molecular weight is 1210 g/mol. The zero-order valence-electron chi connectivity index (χ0n) is 55.5. The second-order valence-electron chi connectivity index (χ2n) is 23.4. The Morgan fingerprint density at radius 2 is 0.640 bits per heavy atom. The van der Waals surface area contributed by atoms with Gasteiger partial charge in [0.1, 0.15) is 19.8 Å². The molecule has 488 valence electrons. The molecule has 0 spiro atoms. The maximum absolute atomic E-state index is 12.8. The van der Waals surface area contributed by atoms with Gasteiger partial charge in [-0.15, -0.1) is 0 Å². The number of quaternary nitrogens is 1. The number of carbonyl (C=O) groups excluding carboxylic acids is 2. The number of ether oxygens (including phenoxy) is 2. The van der Waals surface area contributed by atoms with Crippen LogP contribution in [0.15, 0.2) is 158 Å². The minimum atomic E-state index is -4.42. The van der Waals surface area contributed by atoms with Gasteiger partial charge in [0, 0.05) is 12.8 Å². The topological polar surface area (TPSA) is 108 Å². The molecule has 0 heterocycles. The van der Waals surface area contributed by atoms with Gasteiger partial charge in [-0.25, -0.2) is 4.57 Å². The van der Waals surface area contributed by atoms with Crippen LogP contribution >= 0.6 is 7.82 Å². The molecule has 0 aliphatic heterocycles. The fourth-order valence-electron chi connectivity index (χ4n) is 8.89. The number of phosphoric acid groups is 1. The van der Waals surface area contributed by atoms with Crippen LogP contribution in [0.2, 0.25) is 0 Å². The first kappa shape index (κ1) is 81.6. The van der Waals surface area contributed by atoms with E-state index in [0.29, 0.717) is 23.9 Å².